The van der Waals surface area contributed by atoms with Crippen molar-refractivity contribution in [1.29, 1.82) is 0 Å². The van der Waals surface area contributed by atoms with Crippen molar-refractivity contribution in [3.63, 3.8) is 0 Å². The third-order valence-electron chi connectivity index (χ3n) is 4.85. The molecular formula is C20H22N4OS. The molecule has 1 fully saturated rings. The van der Waals surface area contributed by atoms with Crippen molar-refractivity contribution in [2.75, 3.05) is 18.4 Å². The fourth-order valence-electron chi connectivity index (χ4n) is 3.26. The van der Waals surface area contributed by atoms with Crippen LogP contribution in [-0.4, -0.2) is 33.9 Å². The van der Waals surface area contributed by atoms with E-state index in [2.05, 4.69) is 39.2 Å². The molecule has 3 heterocycles. The highest BCUT2D eigenvalue weighted by Gasteiger charge is 2.16. The number of rotatable bonds is 4. The second-order valence-electron chi connectivity index (χ2n) is 6.95. The minimum absolute atomic E-state index is 0.229. The summed E-state index contributed by atoms with van der Waals surface area (Å²) in [6, 6.07) is 11.7. The molecule has 6 heteroatoms. The van der Waals surface area contributed by atoms with E-state index in [0.717, 1.165) is 22.7 Å². The van der Waals surface area contributed by atoms with Gasteiger partial charge in [0.1, 0.15) is 5.69 Å². The van der Waals surface area contributed by atoms with Gasteiger partial charge in [-0.05, 0) is 61.7 Å². The molecule has 1 amide bonds. The fraction of sp³-hybridized carbons (Fsp3) is 0.350. The summed E-state index contributed by atoms with van der Waals surface area (Å²) < 4.78 is 1.10. The van der Waals surface area contributed by atoms with Crippen LogP contribution in [0.15, 0.2) is 42.6 Å². The van der Waals surface area contributed by atoms with Crippen LogP contribution < -0.4 is 5.32 Å². The van der Waals surface area contributed by atoms with E-state index >= 15 is 0 Å². The summed E-state index contributed by atoms with van der Waals surface area (Å²) >= 11 is 1.51. The summed E-state index contributed by atoms with van der Waals surface area (Å²) in [4.78, 5) is 23.3. The summed E-state index contributed by atoms with van der Waals surface area (Å²) in [6.07, 6.45) is 4.18. The first-order valence-electron chi connectivity index (χ1n) is 9.01. The molecule has 134 valence electrons. The van der Waals surface area contributed by atoms with Crippen molar-refractivity contribution in [1.82, 2.24) is 14.9 Å². The number of hydrogen-bond donors (Lipinski definition) is 1. The molecule has 1 aromatic carbocycles. The number of benzene rings is 1. The number of pyridine rings is 1. The molecule has 1 saturated heterocycles. The number of anilines is 1. The number of fused-ring (bicyclic) bond motifs is 1. The Morgan fingerprint density at radius 2 is 2.12 bits per heavy atom. The van der Waals surface area contributed by atoms with Crippen LogP contribution in [0.2, 0.25) is 0 Å². The molecule has 2 aromatic heterocycles. The average Bonchev–Trinajstić information content (AvgIpc) is 3.06. The Morgan fingerprint density at radius 3 is 2.88 bits per heavy atom. The molecule has 1 aliphatic heterocycles. The Bertz CT molecular complexity index is 901. The van der Waals surface area contributed by atoms with Gasteiger partial charge < -0.3 is 0 Å². The molecule has 3 aromatic rings. The lowest BCUT2D eigenvalue weighted by molar-refractivity contribution is 0.102. The lowest BCUT2D eigenvalue weighted by atomic mass is 9.99. The normalized spacial score (nSPS) is 16.0. The molecule has 1 N–H and O–H groups in total. The van der Waals surface area contributed by atoms with Crippen molar-refractivity contribution in [3.8, 4) is 0 Å². The SMILES string of the molecule is CC1CCN(Cc2ccc3nc(NC(=O)c4ccccn4)sc3c2)CC1. The van der Waals surface area contributed by atoms with E-state index in [1.165, 1.54) is 42.8 Å². The first kappa shape index (κ1) is 17.1. The van der Waals surface area contributed by atoms with Gasteiger partial charge >= 0.3 is 0 Å². The third kappa shape index (κ3) is 3.92. The third-order valence-corrected chi connectivity index (χ3v) is 5.79. The zero-order chi connectivity index (χ0) is 17.9. The average molecular weight is 366 g/mol. The van der Waals surface area contributed by atoms with E-state index in [-0.39, 0.29) is 5.91 Å². The van der Waals surface area contributed by atoms with E-state index in [4.69, 9.17) is 0 Å². The number of carbonyl (C=O) groups excluding carboxylic acids is 1. The van der Waals surface area contributed by atoms with E-state index in [9.17, 15) is 4.79 Å². The summed E-state index contributed by atoms with van der Waals surface area (Å²) in [5.41, 5.74) is 2.62. The van der Waals surface area contributed by atoms with E-state index in [1.807, 2.05) is 6.07 Å². The fourth-order valence-corrected chi connectivity index (χ4v) is 4.18. The quantitative estimate of drug-likeness (QED) is 0.753. The summed E-state index contributed by atoms with van der Waals surface area (Å²) in [5, 5.41) is 3.46. The second-order valence-corrected chi connectivity index (χ2v) is 7.98. The van der Waals surface area contributed by atoms with Gasteiger partial charge in [-0.25, -0.2) is 4.98 Å². The Kier molecular flexibility index (Phi) is 4.95. The number of likely N-dealkylation sites (tertiary alicyclic amines) is 1. The molecule has 0 atom stereocenters. The van der Waals surface area contributed by atoms with Crippen LogP contribution in [0, 0.1) is 5.92 Å². The Morgan fingerprint density at radius 1 is 1.27 bits per heavy atom. The predicted molar refractivity (Wildman–Crippen MR) is 105 cm³/mol. The molecule has 26 heavy (non-hydrogen) atoms. The van der Waals surface area contributed by atoms with Crippen LogP contribution in [0.1, 0.15) is 35.8 Å². The van der Waals surface area contributed by atoms with Crippen molar-refractivity contribution in [2.24, 2.45) is 5.92 Å². The molecule has 1 aliphatic rings. The van der Waals surface area contributed by atoms with Gasteiger partial charge in [0.25, 0.3) is 5.91 Å². The first-order valence-corrected chi connectivity index (χ1v) is 9.83. The minimum atomic E-state index is -0.229. The van der Waals surface area contributed by atoms with Crippen molar-refractivity contribution >= 4 is 32.6 Å². The smallest absolute Gasteiger partial charge is 0.276 e. The number of thiazole rings is 1. The molecule has 0 spiro atoms. The topological polar surface area (TPSA) is 58.1 Å². The maximum Gasteiger partial charge on any atom is 0.276 e. The van der Waals surface area contributed by atoms with Gasteiger partial charge in [-0.1, -0.05) is 30.4 Å². The van der Waals surface area contributed by atoms with E-state index in [0.29, 0.717) is 10.8 Å². The van der Waals surface area contributed by atoms with Crippen LogP contribution in [0.4, 0.5) is 5.13 Å². The molecular weight excluding hydrogens is 344 g/mol. The van der Waals surface area contributed by atoms with E-state index < -0.39 is 0 Å². The summed E-state index contributed by atoms with van der Waals surface area (Å²) in [7, 11) is 0. The lowest BCUT2D eigenvalue weighted by Crippen LogP contribution is -2.32. The number of carbonyl (C=O) groups is 1. The molecule has 0 aliphatic carbocycles. The van der Waals surface area contributed by atoms with Gasteiger partial charge in [0.15, 0.2) is 5.13 Å². The molecule has 5 nitrogen and oxygen atoms in total. The minimum Gasteiger partial charge on any atom is -0.299 e. The van der Waals surface area contributed by atoms with Crippen molar-refractivity contribution in [3.05, 3.63) is 53.9 Å². The number of piperidine rings is 1. The van der Waals surface area contributed by atoms with Crippen LogP contribution in [-0.2, 0) is 6.54 Å². The molecule has 0 bridgehead atoms. The van der Waals surface area contributed by atoms with Gasteiger partial charge in [0, 0.05) is 12.7 Å². The predicted octanol–water partition coefficient (Wildman–Crippen LogP) is 4.18. The Hall–Kier alpha value is -2.31. The highest BCUT2D eigenvalue weighted by atomic mass is 32.1. The second kappa shape index (κ2) is 7.51. The van der Waals surface area contributed by atoms with Crippen LogP contribution >= 0.6 is 11.3 Å². The largest absolute Gasteiger partial charge is 0.299 e. The highest BCUT2D eigenvalue weighted by molar-refractivity contribution is 7.22. The molecule has 0 unspecified atom stereocenters. The van der Waals surface area contributed by atoms with Gasteiger partial charge in [-0.2, -0.15) is 0 Å². The maximum atomic E-state index is 12.2. The van der Waals surface area contributed by atoms with Gasteiger partial charge in [0.05, 0.1) is 10.2 Å². The van der Waals surface area contributed by atoms with Gasteiger partial charge in [-0.3, -0.25) is 20.0 Å². The lowest BCUT2D eigenvalue weighted by Gasteiger charge is -2.30. The highest BCUT2D eigenvalue weighted by Crippen LogP contribution is 2.28. The van der Waals surface area contributed by atoms with Crippen molar-refractivity contribution in [2.45, 2.75) is 26.3 Å². The molecule has 0 radical (unpaired) electrons. The standard InChI is InChI=1S/C20H22N4OS/c1-14-7-10-24(11-8-14)13-15-5-6-16-18(12-15)26-20(22-16)23-19(25)17-4-2-3-9-21-17/h2-6,9,12,14H,7-8,10-11,13H2,1H3,(H,22,23,25). The van der Waals surface area contributed by atoms with E-state index in [1.54, 1.807) is 24.4 Å². The zero-order valence-corrected chi connectivity index (χ0v) is 15.6. The number of hydrogen-bond acceptors (Lipinski definition) is 5. The number of nitrogens with one attached hydrogen (secondary N) is 1. The molecule has 4 rings (SSSR count). The summed E-state index contributed by atoms with van der Waals surface area (Å²) in [5.74, 6) is 0.618. The monoisotopic (exact) mass is 366 g/mol. The Labute approximate surface area is 157 Å². The van der Waals surface area contributed by atoms with Crippen LogP contribution in [0.5, 0.6) is 0 Å². The number of amides is 1. The first-order chi connectivity index (χ1) is 12.7. The van der Waals surface area contributed by atoms with Gasteiger partial charge in [-0.15, -0.1) is 0 Å². The number of aromatic nitrogens is 2. The van der Waals surface area contributed by atoms with Crippen molar-refractivity contribution < 1.29 is 4.79 Å². The summed E-state index contributed by atoms with van der Waals surface area (Å²) in [6.45, 7) is 5.66. The van der Waals surface area contributed by atoms with Crippen LogP contribution in [0.25, 0.3) is 10.2 Å². The van der Waals surface area contributed by atoms with Crippen LogP contribution in [0.3, 0.4) is 0 Å². The molecule has 0 saturated carbocycles. The van der Waals surface area contributed by atoms with Gasteiger partial charge in [0.2, 0.25) is 0 Å². The maximum absolute atomic E-state index is 12.2. The zero-order valence-electron chi connectivity index (χ0n) is 14.8. The Balaban J connectivity index is 1.46. The number of nitrogens with zero attached hydrogens (tertiary/aromatic N) is 3.